The van der Waals surface area contributed by atoms with E-state index in [1.165, 1.54) is 6.20 Å². The van der Waals surface area contributed by atoms with Crippen molar-refractivity contribution in [2.75, 3.05) is 11.5 Å². The molecule has 1 rings (SSSR count). The monoisotopic (exact) mass is 272 g/mol. The highest BCUT2D eigenvalue weighted by molar-refractivity contribution is 7.99. The summed E-state index contributed by atoms with van der Waals surface area (Å²) in [6.45, 7) is 4.14. The Kier molecular flexibility index (Phi) is 6.37. The van der Waals surface area contributed by atoms with Crippen LogP contribution in [0.5, 0.6) is 0 Å². The molecule has 1 aromatic rings. The first-order chi connectivity index (χ1) is 8.13. The number of hydrogen-bond donors (Lipinski definition) is 1. The van der Waals surface area contributed by atoms with Crippen LogP contribution in [-0.4, -0.2) is 28.4 Å². The third-order valence-corrected chi connectivity index (χ3v) is 3.40. The molecule has 3 nitrogen and oxygen atoms in total. The fourth-order valence-corrected chi connectivity index (χ4v) is 2.31. The number of hydrogen-bond acceptors (Lipinski definition) is 3. The summed E-state index contributed by atoms with van der Waals surface area (Å²) in [5.41, 5.74) is 0.556. The molecule has 1 aromatic heterocycles. The number of pyridine rings is 1. The van der Waals surface area contributed by atoms with Crippen molar-refractivity contribution in [3.8, 4) is 0 Å². The fourth-order valence-electron chi connectivity index (χ4n) is 1.33. The van der Waals surface area contributed by atoms with Gasteiger partial charge in [-0.3, -0.25) is 4.79 Å². The second-order valence-corrected chi connectivity index (χ2v) is 5.51. The summed E-state index contributed by atoms with van der Waals surface area (Å²) < 4.78 is 0. The van der Waals surface area contributed by atoms with Crippen molar-refractivity contribution in [2.24, 2.45) is 0 Å². The van der Waals surface area contributed by atoms with E-state index in [1.54, 1.807) is 12.1 Å². The number of aromatic nitrogens is 1. The number of amides is 1. The Bertz CT molecular complexity index is 373. The summed E-state index contributed by atoms with van der Waals surface area (Å²) in [6, 6.07) is 3.41. The maximum atomic E-state index is 11.8. The fraction of sp³-hybridized carbons (Fsp3) is 0.500. The van der Waals surface area contributed by atoms with Crippen LogP contribution < -0.4 is 5.32 Å². The molecule has 17 heavy (non-hydrogen) atoms. The van der Waals surface area contributed by atoms with Crippen LogP contribution in [0.1, 0.15) is 30.6 Å². The number of rotatable bonds is 6. The zero-order chi connectivity index (χ0) is 12.7. The van der Waals surface area contributed by atoms with Gasteiger partial charge in [0.2, 0.25) is 0 Å². The molecule has 1 amide bonds. The van der Waals surface area contributed by atoms with Gasteiger partial charge in [0.25, 0.3) is 5.91 Å². The molecular formula is C12H17ClN2OS. The van der Waals surface area contributed by atoms with Crippen LogP contribution in [-0.2, 0) is 0 Å². The minimum atomic E-state index is -0.0942. The highest BCUT2D eigenvalue weighted by Gasteiger charge is 2.09. The topological polar surface area (TPSA) is 42.0 Å². The minimum Gasteiger partial charge on any atom is -0.350 e. The SMILES string of the molecule is CCSCCC(C)NC(=O)c1ccnc(Cl)c1. The lowest BCUT2D eigenvalue weighted by atomic mass is 10.2. The first kappa shape index (κ1) is 14.3. The van der Waals surface area contributed by atoms with E-state index in [0.29, 0.717) is 10.7 Å². The van der Waals surface area contributed by atoms with Crippen molar-refractivity contribution in [3.63, 3.8) is 0 Å². The molecule has 0 aliphatic rings. The van der Waals surface area contributed by atoms with Crippen molar-refractivity contribution < 1.29 is 4.79 Å². The summed E-state index contributed by atoms with van der Waals surface area (Å²) in [4.78, 5) is 15.7. The van der Waals surface area contributed by atoms with Crippen molar-refractivity contribution in [1.82, 2.24) is 10.3 Å². The first-order valence-corrected chi connectivity index (χ1v) is 7.17. The molecule has 1 unspecified atom stereocenters. The van der Waals surface area contributed by atoms with Crippen LogP contribution in [0.3, 0.4) is 0 Å². The van der Waals surface area contributed by atoms with Crippen LogP contribution in [0.25, 0.3) is 0 Å². The molecule has 1 atom stereocenters. The molecule has 0 saturated carbocycles. The van der Waals surface area contributed by atoms with E-state index < -0.39 is 0 Å². The number of carbonyl (C=O) groups excluding carboxylic acids is 1. The third-order valence-electron chi connectivity index (χ3n) is 2.27. The molecule has 0 aliphatic heterocycles. The number of nitrogens with zero attached hydrogens (tertiary/aromatic N) is 1. The lowest BCUT2D eigenvalue weighted by molar-refractivity contribution is 0.0939. The Labute approximate surface area is 111 Å². The molecule has 0 fully saturated rings. The number of nitrogens with one attached hydrogen (secondary N) is 1. The zero-order valence-corrected chi connectivity index (χ0v) is 11.6. The molecule has 0 radical (unpaired) electrons. The normalized spacial score (nSPS) is 12.2. The maximum absolute atomic E-state index is 11.8. The Morgan fingerprint density at radius 3 is 3.06 bits per heavy atom. The van der Waals surface area contributed by atoms with Gasteiger partial charge in [0.05, 0.1) is 0 Å². The first-order valence-electron chi connectivity index (χ1n) is 5.63. The number of carbonyl (C=O) groups is 1. The third kappa shape index (κ3) is 5.41. The van der Waals surface area contributed by atoms with Gasteiger partial charge in [-0.15, -0.1) is 0 Å². The second kappa shape index (κ2) is 7.56. The Balaban J connectivity index is 2.43. The van der Waals surface area contributed by atoms with E-state index in [9.17, 15) is 4.79 Å². The van der Waals surface area contributed by atoms with E-state index in [4.69, 9.17) is 11.6 Å². The molecule has 5 heteroatoms. The van der Waals surface area contributed by atoms with Gasteiger partial charge < -0.3 is 5.32 Å². The summed E-state index contributed by atoms with van der Waals surface area (Å²) in [6.07, 6.45) is 2.51. The average Bonchev–Trinajstić information content (AvgIpc) is 2.29. The molecule has 1 heterocycles. The lowest BCUT2D eigenvalue weighted by Gasteiger charge is -2.13. The van der Waals surface area contributed by atoms with Gasteiger partial charge >= 0.3 is 0 Å². The van der Waals surface area contributed by atoms with Crippen LogP contribution in [0, 0.1) is 0 Å². The Hall–Kier alpha value is -0.740. The van der Waals surface area contributed by atoms with Gasteiger partial charge in [-0.2, -0.15) is 11.8 Å². The summed E-state index contributed by atoms with van der Waals surface area (Å²) in [7, 11) is 0. The highest BCUT2D eigenvalue weighted by atomic mass is 35.5. The van der Waals surface area contributed by atoms with E-state index in [-0.39, 0.29) is 11.9 Å². The molecular weight excluding hydrogens is 256 g/mol. The molecule has 0 bridgehead atoms. The Morgan fingerprint density at radius 2 is 2.41 bits per heavy atom. The molecule has 1 N–H and O–H groups in total. The van der Waals surface area contributed by atoms with E-state index >= 15 is 0 Å². The second-order valence-electron chi connectivity index (χ2n) is 3.73. The van der Waals surface area contributed by atoms with Gasteiger partial charge in [-0.1, -0.05) is 18.5 Å². The standard InChI is InChI=1S/C12H17ClN2OS/c1-3-17-7-5-9(2)15-12(16)10-4-6-14-11(13)8-10/h4,6,8-9H,3,5,7H2,1-2H3,(H,15,16). The summed E-state index contributed by atoms with van der Waals surface area (Å²) in [5, 5.41) is 3.28. The van der Waals surface area contributed by atoms with E-state index in [1.807, 2.05) is 18.7 Å². The van der Waals surface area contributed by atoms with Crippen molar-refractivity contribution in [3.05, 3.63) is 29.0 Å². The lowest BCUT2D eigenvalue weighted by Crippen LogP contribution is -2.32. The van der Waals surface area contributed by atoms with Gasteiger partial charge in [0, 0.05) is 17.8 Å². The van der Waals surface area contributed by atoms with Crippen molar-refractivity contribution in [2.45, 2.75) is 26.3 Å². The highest BCUT2D eigenvalue weighted by Crippen LogP contribution is 2.08. The molecule has 0 aliphatic carbocycles. The Morgan fingerprint density at radius 1 is 1.65 bits per heavy atom. The van der Waals surface area contributed by atoms with Crippen molar-refractivity contribution >= 4 is 29.3 Å². The maximum Gasteiger partial charge on any atom is 0.251 e. The van der Waals surface area contributed by atoms with Crippen molar-refractivity contribution in [1.29, 1.82) is 0 Å². The van der Waals surface area contributed by atoms with Gasteiger partial charge in [-0.05, 0) is 37.0 Å². The van der Waals surface area contributed by atoms with Gasteiger partial charge in [-0.25, -0.2) is 4.98 Å². The van der Waals surface area contributed by atoms with Gasteiger partial charge in [0.15, 0.2) is 0 Å². The molecule has 0 aromatic carbocycles. The smallest absolute Gasteiger partial charge is 0.251 e. The predicted molar refractivity (Wildman–Crippen MR) is 73.8 cm³/mol. The minimum absolute atomic E-state index is 0.0942. The predicted octanol–water partition coefficient (Wildman–Crippen LogP) is 3.00. The molecule has 94 valence electrons. The van der Waals surface area contributed by atoms with E-state index in [0.717, 1.165) is 17.9 Å². The van der Waals surface area contributed by atoms with Crippen LogP contribution in [0.2, 0.25) is 5.15 Å². The number of thioether (sulfide) groups is 1. The largest absolute Gasteiger partial charge is 0.350 e. The quantitative estimate of drug-likeness (QED) is 0.639. The summed E-state index contributed by atoms with van der Waals surface area (Å²) >= 11 is 7.61. The van der Waals surface area contributed by atoms with E-state index in [2.05, 4.69) is 17.2 Å². The zero-order valence-electron chi connectivity index (χ0n) is 10.1. The number of halogens is 1. The summed E-state index contributed by atoms with van der Waals surface area (Å²) in [5.74, 6) is 2.08. The molecule has 0 saturated heterocycles. The average molecular weight is 273 g/mol. The van der Waals surface area contributed by atoms with Gasteiger partial charge in [0.1, 0.15) is 5.15 Å². The van der Waals surface area contributed by atoms with Crippen LogP contribution in [0.4, 0.5) is 0 Å². The van der Waals surface area contributed by atoms with Crippen LogP contribution in [0.15, 0.2) is 18.3 Å². The van der Waals surface area contributed by atoms with Crippen LogP contribution >= 0.6 is 23.4 Å². The molecule has 0 spiro atoms.